The van der Waals surface area contributed by atoms with Crippen LogP contribution in [0.2, 0.25) is 0 Å². The van der Waals surface area contributed by atoms with E-state index < -0.39 is 22.5 Å². The average Bonchev–Trinajstić information content (AvgIpc) is 3.43. The highest BCUT2D eigenvalue weighted by molar-refractivity contribution is 7.92. The molecular formula is C25H28N4O8S. The van der Waals surface area contributed by atoms with Gasteiger partial charge in [-0.25, -0.2) is 13.8 Å². The van der Waals surface area contributed by atoms with E-state index in [1.54, 1.807) is 48.5 Å². The van der Waals surface area contributed by atoms with Crippen LogP contribution in [0.25, 0.3) is 0 Å². The van der Waals surface area contributed by atoms with Crippen molar-refractivity contribution in [2.24, 2.45) is 5.10 Å². The number of methoxy groups -OCH3 is 2. The molecule has 0 unspecified atom stereocenters. The number of amides is 2. The van der Waals surface area contributed by atoms with Crippen LogP contribution in [0.4, 0.5) is 5.69 Å². The number of carbonyl (C=O) groups is 2. The van der Waals surface area contributed by atoms with Gasteiger partial charge in [-0.05, 0) is 54.1 Å². The first kappa shape index (κ1) is 28.1. The van der Waals surface area contributed by atoms with Gasteiger partial charge in [-0.2, -0.15) is 5.10 Å². The first-order chi connectivity index (χ1) is 18.2. The zero-order valence-electron chi connectivity index (χ0n) is 21.0. The number of rotatable bonds is 13. The predicted molar refractivity (Wildman–Crippen MR) is 140 cm³/mol. The molecule has 0 aliphatic carbocycles. The predicted octanol–water partition coefficient (Wildman–Crippen LogP) is 1.91. The molecule has 2 aromatic carbocycles. The average molecular weight is 545 g/mol. The van der Waals surface area contributed by atoms with Crippen LogP contribution in [0.15, 0.2) is 70.4 Å². The second kappa shape index (κ2) is 13.1. The molecule has 202 valence electrons. The highest BCUT2D eigenvalue weighted by atomic mass is 32.2. The molecule has 13 heteroatoms. The maximum Gasteiger partial charge on any atom is 0.260 e. The highest BCUT2D eigenvalue weighted by Gasteiger charge is 2.24. The van der Waals surface area contributed by atoms with E-state index in [4.69, 9.17) is 18.6 Å². The van der Waals surface area contributed by atoms with Crippen molar-refractivity contribution in [1.82, 2.24) is 10.7 Å². The molecule has 0 spiro atoms. The van der Waals surface area contributed by atoms with E-state index in [0.29, 0.717) is 22.8 Å². The van der Waals surface area contributed by atoms with Crippen molar-refractivity contribution in [3.8, 4) is 17.2 Å². The molecule has 1 heterocycles. The molecule has 38 heavy (non-hydrogen) atoms. The fourth-order valence-electron chi connectivity index (χ4n) is 3.17. The number of nitrogens with zero attached hydrogens (tertiary/aromatic N) is 2. The smallest absolute Gasteiger partial charge is 0.260 e. The second-order valence-electron chi connectivity index (χ2n) is 7.81. The number of benzene rings is 2. The zero-order valence-corrected chi connectivity index (χ0v) is 21.9. The molecule has 0 bridgehead atoms. The van der Waals surface area contributed by atoms with Gasteiger partial charge in [-0.1, -0.05) is 0 Å². The van der Waals surface area contributed by atoms with Gasteiger partial charge in [0, 0.05) is 6.07 Å². The van der Waals surface area contributed by atoms with E-state index in [0.717, 1.165) is 10.6 Å². The van der Waals surface area contributed by atoms with Crippen molar-refractivity contribution in [1.29, 1.82) is 0 Å². The molecule has 3 rings (SSSR count). The van der Waals surface area contributed by atoms with Crippen molar-refractivity contribution in [2.75, 3.05) is 37.9 Å². The number of hydrogen-bond acceptors (Lipinski definition) is 9. The molecule has 0 saturated heterocycles. The lowest BCUT2D eigenvalue weighted by atomic mass is 10.2. The third-order valence-electron chi connectivity index (χ3n) is 5.04. The summed E-state index contributed by atoms with van der Waals surface area (Å²) in [6.45, 7) is -0.432. The normalized spacial score (nSPS) is 11.1. The van der Waals surface area contributed by atoms with Gasteiger partial charge < -0.3 is 23.9 Å². The lowest BCUT2D eigenvalue weighted by molar-refractivity contribution is -0.123. The van der Waals surface area contributed by atoms with Gasteiger partial charge in [0.15, 0.2) is 6.61 Å². The Hall–Kier alpha value is -4.52. The fraction of sp³-hybridized carbons (Fsp3) is 0.240. The second-order valence-corrected chi connectivity index (χ2v) is 9.72. The molecule has 2 amide bonds. The van der Waals surface area contributed by atoms with Crippen molar-refractivity contribution < 1.29 is 36.6 Å². The van der Waals surface area contributed by atoms with Crippen LogP contribution in [-0.4, -0.2) is 60.1 Å². The third kappa shape index (κ3) is 8.27. The molecule has 12 nitrogen and oxygen atoms in total. The van der Waals surface area contributed by atoms with Crippen LogP contribution < -0.4 is 29.3 Å². The number of furan rings is 1. The van der Waals surface area contributed by atoms with Crippen LogP contribution in [0.5, 0.6) is 17.2 Å². The van der Waals surface area contributed by atoms with E-state index in [2.05, 4.69) is 15.8 Å². The van der Waals surface area contributed by atoms with Crippen molar-refractivity contribution in [3.63, 3.8) is 0 Å². The maximum absolute atomic E-state index is 12.5. The molecule has 2 N–H and O–H groups in total. The Morgan fingerprint density at radius 2 is 1.76 bits per heavy atom. The third-order valence-corrected chi connectivity index (χ3v) is 6.16. The van der Waals surface area contributed by atoms with Crippen LogP contribution in [0, 0.1) is 0 Å². The Morgan fingerprint density at radius 1 is 1.03 bits per heavy atom. The largest absolute Gasteiger partial charge is 0.497 e. The van der Waals surface area contributed by atoms with E-state index in [9.17, 15) is 18.0 Å². The number of sulfonamides is 1. The number of hydrogen-bond donors (Lipinski definition) is 2. The van der Waals surface area contributed by atoms with E-state index in [1.807, 2.05) is 0 Å². The SMILES string of the molecule is COc1ccc(OC)c(N(CC(=O)NN=Cc2ccc(OCC(=O)NCc3ccco3)cc2)S(C)(=O)=O)c1. The molecule has 0 aliphatic rings. The fourth-order valence-corrected chi connectivity index (χ4v) is 4.02. The van der Waals surface area contributed by atoms with Crippen molar-refractivity contribution >= 4 is 33.7 Å². The number of hydrazone groups is 1. The minimum absolute atomic E-state index is 0.152. The van der Waals surface area contributed by atoms with Crippen LogP contribution in [0.3, 0.4) is 0 Å². The van der Waals surface area contributed by atoms with Gasteiger partial charge in [0.1, 0.15) is 29.6 Å². The standard InChI is InChI=1S/C25H28N4O8S/c1-34-20-10-11-23(35-2)22(13-20)29(38(3,32)33)16-24(30)28-27-14-18-6-8-19(9-7-18)37-17-25(31)26-15-21-5-4-12-36-21/h4-14H,15-17H2,1-3H3,(H,26,31)(H,28,30). The summed E-state index contributed by atoms with van der Waals surface area (Å²) < 4.78 is 46.7. The minimum atomic E-state index is -3.84. The maximum atomic E-state index is 12.5. The summed E-state index contributed by atoms with van der Waals surface area (Å²) in [5, 5.41) is 6.56. The molecular weight excluding hydrogens is 516 g/mol. The molecule has 0 aliphatic heterocycles. The van der Waals surface area contributed by atoms with Crippen LogP contribution in [0.1, 0.15) is 11.3 Å². The number of nitrogens with one attached hydrogen (secondary N) is 2. The number of carbonyl (C=O) groups excluding carboxylic acids is 2. The number of ether oxygens (including phenoxy) is 3. The Kier molecular flexibility index (Phi) is 9.71. The summed E-state index contributed by atoms with van der Waals surface area (Å²) in [7, 11) is -1.01. The van der Waals surface area contributed by atoms with Gasteiger partial charge >= 0.3 is 0 Å². The van der Waals surface area contributed by atoms with Gasteiger partial charge in [0.25, 0.3) is 11.8 Å². The highest BCUT2D eigenvalue weighted by Crippen LogP contribution is 2.33. The van der Waals surface area contributed by atoms with Gasteiger partial charge in [0.05, 0.1) is 45.2 Å². The Balaban J connectivity index is 1.53. The van der Waals surface area contributed by atoms with Crippen molar-refractivity contribution in [2.45, 2.75) is 6.54 Å². The topological polar surface area (TPSA) is 149 Å². The van der Waals surface area contributed by atoms with E-state index >= 15 is 0 Å². The van der Waals surface area contributed by atoms with Crippen LogP contribution >= 0.6 is 0 Å². The zero-order chi connectivity index (χ0) is 27.5. The van der Waals surface area contributed by atoms with E-state index in [-0.39, 0.29) is 30.5 Å². The molecule has 1 aromatic heterocycles. The quantitative estimate of drug-likeness (QED) is 0.245. The lowest BCUT2D eigenvalue weighted by Crippen LogP contribution is -2.39. The Bertz CT molecular complexity index is 1360. The van der Waals surface area contributed by atoms with Crippen molar-refractivity contribution in [3.05, 3.63) is 72.2 Å². The molecule has 0 fully saturated rings. The van der Waals surface area contributed by atoms with Gasteiger partial charge in [0.2, 0.25) is 10.0 Å². The molecule has 0 atom stereocenters. The molecule has 3 aromatic rings. The first-order valence-electron chi connectivity index (χ1n) is 11.2. The minimum Gasteiger partial charge on any atom is -0.497 e. The summed E-state index contributed by atoms with van der Waals surface area (Å²) >= 11 is 0. The molecule has 0 saturated carbocycles. The van der Waals surface area contributed by atoms with E-state index in [1.165, 1.54) is 32.8 Å². The number of anilines is 1. The summed E-state index contributed by atoms with van der Waals surface area (Å²) in [5.41, 5.74) is 3.10. The summed E-state index contributed by atoms with van der Waals surface area (Å²) in [6.07, 6.45) is 3.89. The van der Waals surface area contributed by atoms with Gasteiger partial charge in [-0.3, -0.25) is 13.9 Å². The summed E-state index contributed by atoms with van der Waals surface area (Å²) in [4.78, 5) is 24.4. The lowest BCUT2D eigenvalue weighted by Gasteiger charge is -2.23. The summed E-state index contributed by atoms with van der Waals surface area (Å²) in [6, 6.07) is 14.7. The Labute approximate surface area is 220 Å². The molecule has 0 radical (unpaired) electrons. The first-order valence-corrected chi connectivity index (χ1v) is 13.1. The summed E-state index contributed by atoms with van der Waals surface area (Å²) in [5.74, 6) is 0.787. The Morgan fingerprint density at radius 3 is 2.39 bits per heavy atom. The van der Waals surface area contributed by atoms with Crippen LogP contribution in [-0.2, 0) is 26.2 Å². The van der Waals surface area contributed by atoms with Gasteiger partial charge in [-0.15, -0.1) is 0 Å². The monoisotopic (exact) mass is 544 g/mol.